The van der Waals surface area contributed by atoms with Crippen LogP contribution in [0.2, 0.25) is 0 Å². The van der Waals surface area contributed by atoms with E-state index in [0.29, 0.717) is 27.6 Å². The van der Waals surface area contributed by atoms with Gasteiger partial charge in [0.1, 0.15) is 10.5 Å². The molecule has 8 nitrogen and oxygen atoms in total. The smallest absolute Gasteiger partial charge is 0.341 e. The van der Waals surface area contributed by atoms with E-state index in [1.54, 1.807) is 25.1 Å². The van der Waals surface area contributed by atoms with Gasteiger partial charge in [0.2, 0.25) is 0 Å². The van der Waals surface area contributed by atoms with Crippen LogP contribution >= 0.6 is 11.3 Å². The summed E-state index contributed by atoms with van der Waals surface area (Å²) in [6, 6.07) is 4.90. The standard InChI is InChI=1S/C23H24N2O6S/c1-4-29-23(28)18-14-9-8-12(2)10-17(14)32-21(18)25-20(26)13(3)31-22(27)15-6-5-7-16-19(15)24-11-30-16/h5-7,11-13H,4,8-10H2,1-3H3,(H,25,26). The summed E-state index contributed by atoms with van der Waals surface area (Å²) in [5.74, 6) is -1.14. The zero-order chi connectivity index (χ0) is 22.8. The number of hydrogen-bond acceptors (Lipinski definition) is 8. The first-order chi connectivity index (χ1) is 15.4. The van der Waals surface area contributed by atoms with Crippen molar-refractivity contribution in [2.45, 2.75) is 46.1 Å². The van der Waals surface area contributed by atoms with Gasteiger partial charge in [0.05, 0.1) is 17.7 Å². The third kappa shape index (κ3) is 4.25. The summed E-state index contributed by atoms with van der Waals surface area (Å²) >= 11 is 1.39. The van der Waals surface area contributed by atoms with Crippen LogP contribution in [0.15, 0.2) is 29.0 Å². The molecule has 0 fully saturated rings. The van der Waals surface area contributed by atoms with Gasteiger partial charge in [-0.25, -0.2) is 14.6 Å². The van der Waals surface area contributed by atoms with Crippen LogP contribution in [-0.2, 0) is 27.1 Å². The molecule has 168 valence electrons. The average molecular weight is 457 g/mol. The highest BCUT2D eigenvalue weighted by atomic mass is 32.1. The Morgan fingerprint density at radius 1 is 1.31 bits per heavy atom. The van der Waals surface area contributed by atoms with Gasteiger partial charge in [-0.2, -0.15) is 0 Å². The van der Waals surface area contributed by atoms with E-state index < -0.39 is 23.9 Å². The Balaban J connectivity index is 1.52. The Labute approximate surface area is 188 Å². The highest BCUT2D eigenvalue weighted by Crippen LogP contribution is 2.40. The van der Waals surface area contributed by atoms with Crippen molar-refractivity contribution in [1.82, 2.24) is 4.98 Å². The molecule has 2 heterocycles. The topological polar surface area (TPSA) is 108 Å². The number of hydrogen-bond donors (Lipinski definition) is 1. The number of para-hydroxylation sites is 1. The van der Waals surface area contributed by atoms with Crippen LogP contribution in [0.5, 0.6) is 0 Å². The number of fused-ring (bicyclic) bond motifs is 2. The third-order valence-electron chi connectivity index (χ3n) is 5.46. The van der Waals surface area contributed by atoms with Crippen LogP contribution < -0.4 is 5.32 Å². The number of nitrogens with one attached hydrogen (secondary N) is 1. The van der Waals surface area contributed by atoms with Gasteiger partial charge in [-0.1, -0.05) is 13.0 Å². The fourth-order valence-electron chi connectivity index (χ4n) is 3.80. The van der Waals surface area contributed by atoms with E-state index >= 15 is 0 Å². The molecule has 1 aromatic carbocycles. The highest BCUT2D eigenvalue weighted by Gasteiger charge is 2.30. The number of anilines is 1. The van der Waals surface area contributed by atoms with E-state index in [4.69, 9.17) is 13.9 Å². The molecule has 0 radical (unpaired) electrons. The number of amides is 1. The van der Waals surface area contributed by atoms with Gasteiger partial charge in [-0.15, -0.1) is 11.3 Å². The minimum absolute atomic E-state index is 0.212. The molecular weight excluding hydrogens is 432 g/mol. The van der Waals surface area contributed by atoms with Crippen molar-refractivity contribution in [3.63, 3.8) is 0 Å². The van der Waals surface area contributed by atoms with Gasteiger partial charge in [-0.3, -0.25) is 4.79 Å². The lowest BCUT2D eigenvalue weighted by molar-refractivity contribution is -0.123. The molecule has 1 amide bonds. The van der Waals surface area contributed by atoms with E-state index in [1.165, 1.54) is 24.7 Å². The molecule has 2 atom stereocenters. The van der Waals surface area contributed by atoms with Crippen molar-refractivity contribution in [1.29, 1.82) is 0 Å². The van der Waals surface area contributed by atoms with Crippen LogP contribution in [0.1, 0.15) is 58.3 Å². The number of ether oxygens (including phenoxy) is 2. The molecule has 1 aliphatic carbocycles. The fraction of sp³-hybridized carbons (Fsp3) is 0.391. The second-order valence-electron chi connectivity index (χ2n) is 7.82. The first kappa shape index (κ1) is 22.0. The maximum Gasteiger partial charge on any atom is 0.341 e. The minimum atomic E-state index is -1.09. The molecule has 0 spiro atoms. The Bertz CT molecular complexity index is 1180. The monoisotopic (exact) mass is 456 g/mol. The zero-order valence-corrected chi connectivity index (χ0v) is 18.9. The predicted molar refractivity (Wildman–Crippen MR) is 119 cm³/mol. The number of rotatable bonds is 6. The van der Waals surface area contributed by atoms with E-state index in [-0.39, 0.29) is 12.2 Å². The minimum Gasteiger partial charge on any atom is -0.462 e. The molecule has 32 heavy (non-hydrogen) atoms. The molecule has 0 bridgehead atoms. The van der Waals surface area contributed by atoms with Crippen molar-refractivity contribution in [2.75, 3.05) is 11.9 Å². The SMILES string of the molecule is CCOC(=O)c1c(NC(=O)C(C)OC(=O)c2cccc3ocnc23)sc2c1CCC(C)C2. The second kappa shape index (κ2) is 9.12. The summed E-state index contributed by atoms with van der Waals surface area (Å²) < 4.78 is 15.8. The molecule has 9 heteroatoms. The number of benzene rings is 1. The lowest BCUT2D eigenvalue weighted by atomic mass is 9.88. The van der Waals surface area contributed by atoms with Crippen LogP contribution in [0, 0.1) is 5.92 Å². The summed E-state index contributed by atoms with van der Waals surface area (Å²) in [6.45, 7) is 5.64. The number of esters is 2. The first-order valence-corrected chi connectivity index (χ1v) is 11.4. The van der Waals surface area contributed by atoms with Crippen LogP contribution in [0.4, 0.5) is 5.00 Å². The lowest BCUT2D eigenvalue weighted by Gasteiger charge is -2.18. The molecule has 2 unspecified atom stereocenters. The molecule has 0 aliphatic heterocycles. The van der Waals surface area contributed by atoms with Gasteiger partial charge >= 0.3 is 11.9 Å². The van der Waals surface area contributed by atoms with Crippen LogP contribution in [0.25, 0.3) is 11.1 Å². The number of aromatic nitrogens is 1. The van der Waals surface area contributed by atoms with E-state index in [2.05, 4.69) is 17.2 Å². The summed E-state index contributed by atoms with van der Waals surface area (Å²) in [5.41, 5.74) is 2.40. The Morgan fingerprint density at radius 3 is 2.91 bits per heavy atom. The molecule has 0 saturated heterocycles. The van der Waals surface area contributed by atoms with Gasteiger partial charge in [0.25, 0.3) is 5.91 Å². The average Bonchev–Trinajstić information content (AvgIpc) is 3.37. The first-order valence-electron chi connectivity index (χ1n) is 10.5. The molecule has 0 saturated carbocycles. The highest BCUT2D eigenvalue weighted by molar-refractivity contribution is 7.17. The van der Waals surface area contributed by atoms with Crippen molar-refractivity contribution >= 4 is 45.3 Å². The predicted octanol–water partition coefficient (Wildman–Crippen LogP) is 4.37. The van der Waals surface area contributed by atoms with E-state index in [0.717, 1.165) is 29.7 Å². The molecule has 1 aliphatic rings. The molecule has 4 rings (SSSR count). The van der Waals surface area contributed by atoms with Crippen LogP contribution in [0.3, 0.4) is 0 Å². The Morgan fingerprint density at radius 2 is 2.12 bits per heavy atom. The van der Waals surface area contributed by atoms with Gasteiger partial charge < -0.3 is 19.2 Å². The quantitative estimate of drug-likeness (QED) is 0.549. The van der Waals surface area contributed by atoms with E-state index in [1.807, 2.05) is 0 Å². The van der Waals surface area contributed by atoms with Crippen molar-refractivity contribution in [3.05, 3.63) is 46.2 Å². The number of nitrogens with zero attached hydrogens (tertiary/aromatic N) is 1. The maximum atomic E-state index is 12.8. The normalized spacial score (nSPS) is 16.3. The summed E-state index contributed by atoms with van der Waals surface area (Å²) in [6.07, 6.45) is 2.76. The zero-order valence-electron chi connectivity index (χ0n) is 18.1. The largest absolute Gasteiger partial charge is 0.462 e. The van der Waals surface area contributed by atoms with Crippen LogP contribution in [-0.4, -0.2) is 35.5 Å². The number of carbonyl (C=O) groups excluding carboxylic acids is 3. The maximum absolute atomic E-state index is 12.8. The number of thiophene rings is 1. The van der Waals surface area contributed by atoms with Crippen molar-refractivity contribution < 1.29 is 28.3 Å². The lowest BCUT2D eigenvalue weighted by Crippen LogP contribution is -2.30. The molecule has 2 aromatic heterocycles. The summed E-state index contributed by atoms with van der Waals surface area (Å²) in [4.78, 5) is 43.2. The summed E-state index contributed by atoms with van der Waals surface area (Å²) in [7, 11) is 0. The van der Waals surface area contributed by atoms with E-state index in [9.17, 15) is 14.4 Å². The number of carbonyl (C=O) groups is 3. The van der Waals surface area contributed by atoms with Gasteiger partial charge in [-0.05, 0) is 56.7 Å². The van der Waals surface area contributed by atoms with Crippen molar-refractivity contribution in [3.8, 4) is 0 Å². The van der Waals surface area contributed by atoms with Gasteiger partial charge in [0.15, 0.2) is 18.1 Å². The van der Waals surface area contributed by atoms with Gasteiger partial charge in [0, 0.05) is 4.88 Å². The Hall–Kier alpha value is -3.20. The molecule has 3 aromatic rings. The second-order valence-corrected chi connectivity index (χ2v) is 8.92. The number of oxazole rings is 1. The molecular formula is C23H24N2O6S. The summed E-state index contributed by atoms with van der Waals surface area (Å²) in [5, 5.41) is 3.22. The fourth-order valence-corrected chi connectivity index (χ4v) is 5.20. The Kier molecular flexibility index (Phi) is 6.27. The molecule has 1 N–H and O–H groups in total. The van der Waals surface area contributed by atoms with Crippen molar-refractivity contribution in [2.24, 2.45) is 5.92 Å². The third-order valence-corrected chi connectivity index (χ3v) is 6.63.